The zero-order chi connectivity index (χ0) is 5.33. The Bertz CT molecular complexity index is 60.5. The van der Waals surface area contributed by atoms with E-state index >= 15 is 0 Å². The average molecular weight is 219 g/mol. The average Bonchev–Trinajstić information content (AvgIpc) is 1.84. The van der Waals surface area contributed by atoms with Crippen molar-refractivity contribution in [2.45, 2.75) is 0 Å². The van der Waals surface area contributed by atoms with Crippen molar-refractivity contribution in [1.29, 1.82) is 0 Å². The van der Waals surface area contributed by atoms with Gasteiger partial charge < -0.3 is 0 Å². The molecular weight excluding hydrogens is 211 g/mol. The van der Waals surface area contributed by atoms with Crippen LogP contribution in [0, 0.1) is 0 Å². The zero-order valence-electron chi connectivity index (χ0n) is 4.08. The number of hydrogen-bond acceptors (Lipinski definition) is 0. The normalized spacial score (nSPS) is 42.0. The predicted molar refractivity (Wildman–Crippen MR) is 51.6 cm³/mol. The number of rotatable bonds is 0. The van der Waals surface area contributed by atoms with Crippen LogP contribution in [0.2, 0.25) is 0 Å². The van der Waals surface area contributed by atoms with Crippen molar-refractivity contribution in [3.8, 4) is 0 Å². The molecular formula is H8Cl2Si5. The molecule has 7 heteroatoms. The summed E-state index contributed by atoms with van der Waals surface area (Å²) in [5.41, 5.74) is -1.19. The summed E-state index contributed by atoms with van der Waals surface area (Å²) in [4.78, 5) is 0. The van der Waals surface area contributed by atoms with Gasteiger partial charge in [0.25, 0.3) is 0 Å². The van der Waals surface area contributed by atoms with Crippen LogP contribution in [0.25, 0.3) is 0 Å². The lowest BCUT2D eigenvalue weighted by Gasteiger charge is -2.02. The number of hydrogen-bond donors (Lipinski definition) is 0. The van der Waals surface area contributed by atoms with Crippen LogP contribution in [0.4, 0.5) is 0 Å². The van der Waals surface area contributed by atoms with Crippen LogP contribution in [0.5, 0.6) is 0 Å². The van der Waals surface area contributed by atoms with Crippen molar-refractivity contribution >= 4 is 62.1 Å². The maximum absolute atomic E-state index is 6.06. The lowest BCUT2D eigenvalue weighted by molar-refractivity contribution is 3.69. The summed E-state index contributed by atoms with van der Waals surface area (Å²) in [6, 6.07) is 0. The van der Waals surface area contributed by atoms with E-state index in [1.165, 1.54) is 0 Å². The summed E-state index contributed by atoms with van der Waals surface area (Å²) in [6.07, 6.45) is 0. The molecule has 0 aromatic heterocycles. The van der Waals surface area contributed by atoms with Crippen LogP contribution in [0.1, 0.15) is 0 Å². The second-order valence-electron chi connectivity index (χ2n) is 2.06. The van der Waals surface area contributed by atoms with E-state index in [0.717, 1.165) is 0 Å². The summed E-state index contributed by atoms with van der Waals surface area (Å²) in [6.45, 7) is 0. The molecule has 1 aliphatic heterocycles. The van der Waals surface area contributed by atoms with Gasteiger partial charge in [0.15, 0.2) is 0 Å². The van der Waals surface area contributed by atoms with Gasteiger partial charge in [-0.15, -0.1) is 0 Å². The van der Waals surface area contributed by atoms with Gasteiger partial charge in [0, 0.05) is 17.1 Å². The molecule has 0 bridgehead atoms. The molecule has 0 aliphatic carbocycles. The topological polar surface area (TPSA) is 0 Å². The molecule has 0 spiro atoms. The molecule has 7 heavy (non-hydrogen) atoms. The molecule has 0 aromatic rings. The molecule has 0 saturated carbocycles. The summed E-state index contributed by atoms with van der Waals surface area (Å²) in [5, 5.41) is 0. The zero-order valence-corrected chi connectivity index (χ0v) is 12.3. The Morgan fingerprint density at radius 1 is 1.00 bits per heavy atom. The van der Waals surface area contributed by atoms with Crippen molar-refractivity contribution in [3.63, 3.8) is 0 Å². The van der Waals surface area contributed by atoms with Crippen molar-refractivity contribution < 1.29 is 0 Å². The first kappa shape index (κ1) is 6.78. The fraction of sp³-hybridized carbons (Fsp3) is 0. The van der Waals surface area contributed by atoms with Crippen LogP contribution in [0.15, 0.2) is 0 Å². The molecule has 0 atom stereocenters. The predicted octanol–water partition coefficient (Wildman–Crippen LogP) is -2.67. The minimum atomic E-state index is -1.19. The maximum atomic E-state index is 6.06. The van der Waals surface area contributed by atoms with Crippen molar-refractivity contribution in [3.05, 3.63) is 0 Å². The maximum Gasteiger partial charge on any atom is 0.207 e. The van der Waals surface area contributed by atoms with Crippen molar-refractivity contribution in [1.82, 2.24) is 0 Å². The van der Waals surface area contributed by atoms with Crippen LogP contribution >= 0.6 is 22.2 Å². The van der Waals surface area contributed by atoms with E-state index in [4.69, 9.17) is 22.2 Å². The van der Waals surface area contributed by atoms with Crippen LogP contribution < -0.4 is 0 Å². The number of halogens is 2. The van der Waals surface area contributed by atoms with Crippen molar-refractivity contribution in [2.75, 3.05) is 0 Å². The van der Waals surface area contributed by atoms with Gasteiger partial charge in [0.1, 0.15) is 0 Å². The first-order valence-corrected chi connectivity index (χ1v) is 23.3. The van der Waals surface area contributed by atoms with E-state index in [-0.39, 0.29) is 0 Å². The van der Waals surface area contributed by atoms with Crippen LogP contribution in [-0.2, 0) is 0 Å². The fourth-order valence-corrected chi connectivity index (χ4v) is 217. The Labute approximate surface area is 62.0 Å². The molecule has 42 valence electrons. The van der Waals surface area contributed by atoms with E-state index in [9.17, 15) is 0 Å². The van der Waals surface area contributed by atoms with Gasteiger partial charge in [0.05, 0.1) is 0 Å². The fourth-order valence-electron chi connectivity index (χ4n) is 0.892. The Morgan fingerprint density at radius 2 is 1.43 bits per heavy atom. The summed E-state index contributed by atoms with van der Waals surface area (Å²) in [7, 11) is 1.76. The highest BCUT2D eigenvalue weighted by atomic mass is 35.7. The molecule has 0 aromatic carbocycles. The minimum absolute atomic E-state index is 0.303. The quantitative estimate of drug-likeness (QED) is 0.308. The smallest absolute Gasteiger partial charge is 0.156 e. The molecule has 1 fully saturated rings. The molecule has 0 radical (unpaired) electrons. The molecule has 1 rings (SSSR count). The Morgan fingerprint density at radius 3 is 1.57 bits per heavy atom. The SMILES string of the molecule is Cl[Si]1(Cl)[SiH2][SiH2][SiH2][SiH2]1. The summed E-state index contributed by atoms with van der Waals surface area (Å²) in [5.74, 6) is 0. The highest BCUT2D eigenvalue weighted by Gasteiger charge is 2.32. The third-order valence-electron chi connectivity index (χ3n) is 1.34. The first-order chi connectivity index (χ1) is 3.21. The second-order valence-corrected chi connectivity index (χ2v) is 55.7. The molecule has 1 saturated heterocycles. The van der Waals surface area contributed by atoms with Crippen molar-refractivity contribution in [2.24, 2.45) is 0 Å². The Balaban J connectivity index is 2.40. The largest absolute Gasteiger partial charge is 0.207 e. The summed E-state index contributed by atoms with van der Waals surface area (Å²) >= 11 is 12.1. The monoisotopic (exact) mass is 218 g/mol. The van der Waals surface area contributed by atoms with E-state index < -0.39 is 5.73 Å². The third kappa shape index (κ3) is 2.16. The molecule has 0 unspecified atom stereocenters. The highest BCUT2D eigenvalue weighted by Crippen LogP contribution is 2.12. The van der Waals surface area contributed by atoms with Crippen LogP contribution in [-0.4, -0.2) is 39.9 Å². The first-order valence-electron chi connectivity index (χ1n) is 2.59. The van der Waals surface area contributed by atoms with Gasteiger partial charge in [-0.1, -0.05) is 0 Å². The minimum Gasteiger partial charge on any atom is -0.156 e. The molecule has 1 heterocycles. The Hall–Kier alpha value is 1.66. The third-order valence-corrected chi connectivity index (χ3v) is 108. The second kappa shape index (κ2) is 2.50. The highest BCUT2D eigenvalue weighted by molar-refractivity contribution is 8.03. The van der Waals surface area contributed by atoms with Gasteiger partial charge in [0.2, 0.25) is 5.73 Å². The molecule has 1 aliphatic rings. The molecule has 0 N–H and O–H groups in total. The van der Waals surface area contributed by atoms with Gasteiger partial charge in [-0.25, -0.2) is 0 Å². The van der Waals surface area contributed by atoms with Gasteiger partial charge in [-0.05, 0) is 17.1 Å². The van der Waals surface area contributed by atoms with Gasteiger partial charge >= 0.3 is 0 Å². The Kier molecular flexibility index (Phi) is 2.42. The molecule has 0 amide bonds. The standard InChI is InChI=1S/Cl2H8Si5/c1-7(2)5-3-4-6-7/h3-6H2. The van der Waals surface area contributed by atoms with E-state index in [2.05, 4.69) is 0 Å². The van der Waals surface area contributed by atoms with Crippen LogP contribution in [0.3, 0.4) is 0 Å². The van der Waals surface area contributed by atoms with Gasteiger partial charge in [-0.2, -0.15) is 22.2 Å². The van der Waals surface area contributed by atoms with E-state index in [1.807, 2.05) is 0 Å². The van der Waals surface area contributed by atoms with E-state index in [1.54, 1.807) is 0 Å². The van der Waals surface area contributed by atoms with E-state index in [0.29, 0.717) is 34.2 Å². The van der Waals surface area contributed by atoms with Gasteiger partial charge in [-0.3, -0.25) is 0 Å². The summed E-state index contributed by atoms with van der Waals surface area (Å²) < 4.78 is 0. The lowest BCUT2D eigenvalue weighted by Crippen LogP contribution is -2.31. The lowest BCUT2D eigenvalue weighted by atomic mass is 26.4. The molecule has 0 nitrogen and oxygen atoms in total.